The van der Waals surface area contributed by atoms with Gasteiger partial charge in [-0.05, 0) is 6.92 Å². The number of aliphatic carboxylic acids is 1. The zero-order valence-electron chi connectivity index (χ0n) is 7.90. The summed E-state index contributed by atoms with van der Waals surface area (Å²) in [6.07, 6.45) is 0. The van der Waals surface area contributed by atoms with E-state index in [0.29, 0.717) is 0 Å². The molecule has 0 amide bonds. The van der Waals surface area contributed by atoms with Gasteiger partial charge in [0.05, 0.1) is 25.2 Å². The smallest absolute Gasteiger partial charge is 0.307 e. The summed E-state index contributed by atoms with van der Waals surface area (Å²) in [4.78, 5) is 10.5. The number of carboxylic acids is 1. The van der Waals surface area contributed by atoms with Crippen molar-refractivity contribution < 1.29 is 20.1 Å². The average molecular weight is 191 g/mol. The Morgan fingerprint density at radius 3 is 2.08 bits per heavy atom. The molecule has 5 heteroatoms. The summed E-state index contributed by atoms with van der Waals surface area (Å²) in [7, 11) is 0. The predicted molar refractivity (Wildman–Crippen MR) is 47.4 cm³/mol. The Morgan fingerprint density at radius 2 is 1.77 bits per heavy atom. The maximum absolute atomic E-state index is 10.5. The number of hydrogen-bond acceptors (Lipinski definition) is 4. The molecule has 0 aromatic carbocycles. The number of rotatable bonds is 6. The van der Waals surface area contributed by atoms with Crippen molar-refractivity contribution in [1.29, 1.82) is 0 Å². The van der Waals surface area contributed by atoms with Crippen molar-refractivity contribution in [1.82, 2.24) is 5.32 Å². The predicted octanol–water partition coefficient (Wildman–Crippen LogP) is -0.962. The van der Waals surface area contributed by atoms with Gasteiger partial charge in [0.15, 0.2) is 0 Å². The lowest BCUT2D eigenvalue weighted by atomic mass is 10.0. The summed E-state index contributed by atoms with van der Waals surface area (Å²) >= 11 is 0. The molecule has 0 rings (SSSR count). The number of carbonyl (C=O) groups is 1. The van der Waals surface area contributed by atoms with Gasteiger partial charge in [0.1, 0.15) is 0 Å². The molecule has 0 bridgehead atoms. The summed E-state index contributed by atoms with van der Waals surface area (Å²) in [6.45, 7) is 2.88. The number of aliphatic hydroxyl groups is 2. The molecule has 0 aromatic rings. The second-order valence-corrected chi connectivity index (χ2v) is 3.14. The summed E-state index contributed by atoms with van der Waals surface area (Å²) in [6, 6.07) is -0.724. The Morgan fingerprint density at radius 1 is 1.31 bits per heavy atom. The fourth-order valence-corrected chi connectivity index (χ4v) is 0.893. The number of nitrogens with one attached hydrogen (secondary N) is 1. The van der Waals surface area contributed by atoms with Crippen molar-refractivity contribution in [3.8, 4) is 0 Å². The molecule has 2 unspecified atom stereocenters. The minimum absolute atomic E-state index is 0.201. The van der Waals surface area contributed by atoms with Crippen molar-refractivity contribution in [2.75, 3.05) is 13.2 Å². The summed E-state index contributed by atoms with van der Waals surface area (Å²) < 4.78 is 0. The first-order valence-corrected chi connectivity index (χ1v) is 4.23. The van der Waals surface area contributed by atoms with Crippen LogP contribution in [0.15, 0.2) is 0 Å². The van der Waals surface area contributed by atoms with Crippen LogP contribution in [0.3, 0.4) is 0 Å². The maximum atomic E-state index is 10.5. The molecule has 0 aliphatic carbocycles. The average Bonchev–Trinajstić information content (AvgIpc) is 2.12. The molecule has 0 aromatic heterocycles. The van der Waals surface area contributed by atoms with E-state index in [0.717, 1.165) is 0 Å². The third kappa shape index (κ3) is 4.21. The largest absolute Gasteiger partial charge is 0.481 e. The molecule has 0 aliphatic rings. The van der Waals surface area contributed by atoms with Crippen LogP contribution in [0.5, 0.6) is 0 Å². The van der Waals surface area contributed by atoms with Crippen molar-refractivity contribution >= 4 is 5.97 Å². The summed E-state index contributed by atoms with van der Waals surface area (Å²) in [5.41, 5.74) is 0. The van der Waals surface area contributed by atoms with Gasteiger partial charge in [-0.1, -0.05) is 6.92 Å². The fourth-order valence-electron chi connectivity index (χ4n) is 0.893. The number of aliphatic hydroxyl groups excluding tert-OH is 2. The Bertz CT molecular complexity index is 158. The van der Waals surface area contributed by atoms with Gasteiger partial charge < -0.3 is 20.6 Å². The molecular formula is C8H17NO4. The van der Waals surface area contributed by atoms with Crippen LogP contribution in [0.1, 0.15) is 13.8 Å². The van der Waals surface area contributed by atoms with E-state index in [1.54, 1.807) is 13.8 Å². The number of carboxylic acid groups (broad SMARTS) is 1. The first kappa shape index (κ1) is 12.3. The third-order valence-corrected chi connectivity index (χ3v) is 2.08. The molecule has 0 aliphatic heterocycles. The molecule has 0 spiro atoms. The lowest BCUT2D eigenvalue weighted by molar-refractivity contribution is -0.142. The highest BCUT2D eigenvalue weighted by atomic mass is 16.4. The van der Waals surface area contributed by atoms with Gasteiger partial charge in [-0.15, -0.1) is 0 Å². The van der Waals surface area contributed by atoms with Gasteiger partial charge in [0.2, 0.25) is 0 Å². The van der Waals surface area contributed by atoms with Crippen molar-refractivity contribution in [3.63, 3.8) is 0 Å². The quantitative estimate of drug-likeness (QED) is 0.434. The zero-order chi connectivity index (χ0) is 10.4. The van der Waals surface area contributed by atoms with Crippen molar-refractivity contribution in [2.24, 2.45) is 5.92 Å². The van der Waals surface area contributed by atoms with Gasteiger partial charge in [-0.25, -0.2) is 0 Å². The Hall–Kier alpha value is -0.650. The molecule has 5 nitrogen and oxygen atoms in total. The molecule has 2 atom stereocenters. The highest BCUT2D eigenvalue weighted by Crippen LogP contribution is 2.03. The molecule has 0 saturated heterocycles. The molecule has 78 valence electrons. The van der Waals surface area contributed by atoms with Crippen LogP contribution >= 0.6 is 0 Å². The maximum Gasteiger partial charge on any atom is 0.307 e. The van der Waals surface area contributed by atoms with E-state index >= 15 is 0 Å². The van der Waals surface area contributed by atoms with Crippen LogP contribution in [0.25, 0.3) is 0 Å². The molecule has 0 radical (unpaired) electrons. The monoisotopic (exact) mass is 191 g/mol. The normalized spacial score (nSPS) is 15.8. The summed E-state index contributed by atoms with van der Waals surface area (Å²) in [5.74, 6) is -1.43. The van der Waals surface area contributed by atoms with Gasteiger partial charge in [0.25, 0.3) is 0 Å². The second-order valence-electron chi connectivity index (χ2n) is 3.14. The Balaban J connectivity index is 3.97. The van der Waals surface area contributed by atoms with E-state index in [1.165, 1.54) is 0 Å². The fraction of sp³-hybridized carbons (Fsp3) is 0.875. The van der Waals surface area contributed by atoms with Crippen LogP contribution < -0.4 is 5.32 Å². The Labute approximate surface area is 77.4 Å². The molecule has 13 heavy (non-hydrogen) atoms. The molecule has 0 fully saturated rings. The Kier molecular flexibility index (Phi) is 5.61. The van der Waals surface area contributed by atoms with Crippen LogP contribution in [0, 0.1) is 5.92 Å². The summed E-state index contributed by atoms with van der Waals surface area (Å²) in [5, 5.41) is 28.9. The molecule has 0 saturated carbocycles. The van der Waals surface area contributed by atoms with E-state index in [2.05, 4.69) is 5.32 Å². The molecule has 4 N–H and O–H groups in total. The van der Waals surface area contributed by atoms with E-state index in [4.69, 9.17) is 15.3 Å². The lowest BCUT2D eigenvalue weighted by Crippen LogP contribution is -2.46. The van der Waals surface area contributed by atoms with E-state index < -0.39 is 17.9 Å². The molecule has 0 heterocycles. The second kappa shape index (κ2) is 5.90. The van der Waals surface area contributed by atoms with Crippen molar-refractivity contribution in [3.05, 3.63) is 0 Å². The topological polar surface area (TPSA) is 89.8 Å². The van der Waals surface area contributed by atoms with Gasteiger partial charge >= 0.3 is 5.97 Å². The van der Waals surface area contributed by atoms with Gasteiger partial charge in [0, 0.05) is 6.04 Å². The highest BCUT2D eigenvalue weighted by Gasteiger charge is 2.21. The highest BCUT2D eigenvalue weighted by molar-refractivity contribution is 5.70. The minimum Gasteiger partial charge on any atom is -0.481 e. The first-order chi connectivity index (χ1) is 6.02. The van der Waals surface area contributed by atoms with E-state index in [-0.39, 0.29) is 19.3 Å². The van der Waals surface area contributed by atoms with Gasteiger partial charge in [-0.2, -0.15) is 0 Å². The van der Waals surface area contributed by atoms with Crippen LogP contribution in [-0.2, 0) is 4.79 Å². The van der Waals surface area contributed by atoms with Crippen LogP contribution in [0.4, 0.5) is 0 Å². The lowest BCUT2D eigenvalue weighted by Gasteiger charge is -2.22. The van der Waals surface area contributed by atoms with Crippen LogP contribution in [0.2, 0.25) is 0 Å². The van der Waals surface area contributed by atoms with Crippen LogP contribution in [-0.4, -0.2) is 46.6 Å². The molecular weight excluding hydrogens is 174 g/mol. The third-order valence-electron chi connectivity index (χ3n) is 2.08. The number of hydrogen-bond donors (Lipinski definition) is 4. The van der Waals surface area contributed by atoms with E-state index in [9.17, 15) is 4.79 Å². The van der Waals surface area contributed by atoms with E-state index in [1.807, 2.05) is 0 Å². The minimum atomic E-state index is -0.894. The first-order valence-electron chi connectivity index (χ1n) is 4.23. The standard InChI is InChI=1S/C8H17NO4/c1-5(8(12)13)6(2)9-7(3-10)4-11/h5-7,9-11H,3-4H2,1-2H3,(H,12,13). The zero-order valence-corrected chi connectivity index (χ0v) is 7.90. The SMILES string of the molecule is CC(NC(CO)CO)C(C)C(=O)O. The van der Waals surface area contributed by atoms with Gasteiger partial charge in [-0.3, -0.25) is 4.79 Å². The van der Waals surface area contributed by atoms with Crippen molar-refractivity contribution in [2.45, 2.75) is 25.9 Å².